The van der Waals surface area contributed by atoms with Crippen LogP contribution in [0.5, 0.6) is 0 Å². The first-order valence-electron chi connectivity index (χ1n) is 11.1. The lowest BCUT2D eigenvalue weighted by molar-refractivity contribution is -0.125. The predicted molar refractivity (Wildman–Crippen MR) is 126 cm³/mol. The lowest BCUT2D eigenvalue weighted by Crippen LogP contribution is -2.49. The van der Waals surface area contributed by atoms with Gasteiger partial charge < -0.3 is 25.9 Å². The molecule has 31 heavy (non-hydrogen) atoms. The van der Waals surface area contributed by atoms with Gasteiger partial charge in [-0.15, -0.1) is 12.3 Å². The maximum atomic E-state index is 12.7. The monoisotopic (exact) mass is 429 g/mol. The summed E-state index contributed by atoms with van der Waals surface area (Å²) in [6.45, 7) is 11.2. The van der Waals surface area contributed by atoms with E-state index in [1.54, 1.807) is 6.92 Å². The summed E-state index contributed by atoms with van der Waals surface area (Å²) in [5, 5.41) is 6.21. The van der Waals surface area contributed by atoms with E-state index in [1.165, 1.54) is 5.57 Å². The van der Waals surface area contributed by atoms with Crippen molar-refractivity contribution in [1.29, 1.82) is 0 Å². The van der Waals surface area contributed by atoms with Gasteiger partial charge in [-0.05, 0) is 58.6 Å². The number of nitrogens with one attached hydrogen (secondary N) is 2. The van der Waals surface area contributed by atoms with E-state index in [2.05, 4.69) is 29.2 Å². The van der Waals surface area contributed by atoms with Crippen molar-refractivity contribution in [2.75, 3.05) is 19.7 Å². The van der Waals surface area contributed by atoms with Gasteiger partial charge in [-0.2, -0.15) is 0 Å². The Bertz CT molecular complexity index is 705. The van der Waals surface area contributed by atoms with Crippen molar-refractivity contribution in [3.05, 3.63) is 36.0 Å². The minimum atomic E-state index is -0.307. The highest BCUT2D eigenvalue weighted by Crippen LogP contribution is 2.15. The number of ketones is 1. The zero-order valence-electron chi connectivity index (χ0n) is 19.3. The molecule has 0 unspecified atom stereocenters. The number of carbonyl (C=O) groups excluding carboxylic acids is 2. The van der Waals surface area contributed by atoms with Crippen molar-refractivity contribution in [2.24, 2.45) is 11.7 Å². The molecule has 4 N–H and O–H groups in total. The van der Waals surface area contributed by atoms with E-state index < -0.39 is 0 Å². The van der Waals surface area contributed by atoms with Gasteiger partial charge >= 0.3 is 0 Å². The van der Waals surface area contributed by atoms with Crippen molar-refractivity contribution in [2.45, 2.75) is 71.1 Å². The first-order chi connectivity index (χ1) is 14.8. The maximum Gasteiger partial charge on any atom is 0.237 e. The summed E-state index contributed by atoms with van der Waals surface area (Å²) in [5.41, 5.74) is 7.62. The summed E-state index contributed by atoms with van der Waals surface area (Å²) < 4.78 is 5.98. The first-order valence-corrected chi connectivity index (χ1v) is 11.1. The Morgan fingerprint density at radius 3 is 2.71 bits per heavy atom. The topological polar surface area (TPSA) is 93.5 Å². The molecular formula is C25H39N3O3. The first kappa shape index (κ1) is 26.8. The Morgan fingerprint density at radius 1 is 1.39 bits per heavy atom. The second kappa shape index (κ2) is 14.7. The molecule has 6 nitrogen and oxygen atoms in total. The van der Waals surface area contributed by atoms with Crippen LogP contribution in [0.1, 0.15) is 52.9 Å². The molecule has 1 heterocycles. The fourth-order valence-electron chi connectivity index (χ4n) is 3.39. The lowest BCUT2D eigenvalue weighted by Gasteiger charge is -2.26. The number of terminal acetylenes is 1. The van der Waals surface area contributed by atoms with E-state index in [1.807, 2.05) is 26.0 Å². The van der Waals surface area contributed by atoms with Crippen LogP contribution in [0.4, 0.5) is 0 Å². The van der Waals surface area contributed by atoms with Crippen molar-refractivity contribution >= 4 is 11.7 Å². The number of amides is 1. The zero-order chi connectivity index (χ0) is 23.2. The third kappa shape index (κ3) is 10.6. The molecule has 0 aromatic carbocycles. The SMILES string of the molecule is C#C[C@@H]1CN[C@H](C(=O)N[C@@H](CCC(C)=O)[C@@H](C)OCC(=C)/C=C\C(=C/C)CCCN)C1. The summed E-state index contributed by atoms with van der Waals surface area (Å²) in [6, 6.07) is -0.575. The molecule has 172 valence electrons. The van der Waals surface area contributed by atoms with Gasteiger partial charge in [-0.1, -0.05) is 30.4 Å². The molecule has 0 saturated carbocycles. The number of ether oxygens (including phenoxy) is 1. The van der Waals surface area contributed by atoms with Crippen LogP contribution in [0, 0.1) is 18.3 Å². The molecule has 1 aliphatic rings. The molecule has 0 spiro atoms. The van der Waals surface area contributed by atoms with E-state index in [0.717, 1.165) is 18.4 Å². The summed E-state index contributed by atoms with van der Waals surface area (Å²) in [5.74, 6) is 2.75. The summed E-state index contributed by atoms with van der Waals surface area (Å²) in [4.78, 5) is 24.2. The number of Topliss-reactive ketones (excluding diaryl/α,β-unsaturated/α-hetero) is 1. The number of hydrogen-bond donors (Lipinski definition) is 3. The highest BCUT2D eigenvalue weighted by atomic mass is 16.5. The molecule has 1 amide bonds. The number of rotatable bonds is 14. The molecule has 1 saturated heterocycles. The molecule has 4 atom stereocenters. The molecule has 0 bridgehead atoms. The molecule has 0 aromatic rings. The Morgan fingerprint density at radius 2 is 2.13 bits per heavy atom. The largest absolute Gasteiger partial charge is 0.372 e. The Labute approximate surface area is 187 Å². The number of allylic oxidation sites excluding steroid dienone is 3. The van der Waals surface area contributed by atoms with Crippen LogP contribution in [0.3, 0.4) is 0 Å². The maximum absolute atomic E-state index is 12.7. The van der Waals surface area contributed by atoms with E-state index in [0.29, 0.717) is 39.0 Å². The molecule has 0 aliphatic carbocycles. The standard InChI is InChI=1S/C25H39N3O3/c1-6-21(9-8-14-26)12-10-18(3)17-31-20(5)23(13-11-19(4)29)28-25(30)24-15-22(7-2)16-27-24/h2,6,10,12,20,22-24,27H,3,8-9,11,13-17,26H2,1,4-5H3,(H,28,30)/b12-10-,21-6-/t20-,22+,23+,24+/m1/s1. The van der Waals surface area contributed by atoms with Gasteiger partial charge in [0.25, 0.3) is 0 Å². The van der Waals surface area contributed by atoms with Gasteiger partial charge in [0, 0.05) is 18.9 Å². The number of carbonyl (C=O) groups is 2. The highest BCUT2D eigenvalue weighted by Gasteiger charge is 2.30. The van der Waals surface area contributed by atoms with E-state index in [9.17, 15) is 9.59 Å². The Balaban J connectivity index is 2.61. The minimum absolute atomic E-state index is 0.0714. The highest BCUT2D eigenvalue weighted by molar-refractivity contribution is 5.82. The average molecular weight is 430 g/mol. The van der Waals surface area contributed by atoms with Gasteiger partial charge in [-0.25, -0.2) is 0 Å². The van der Waals surface area contributed by atoms with Crippen LogP contribution in [-0.4, -0.2) is 49.6 Å². The summed E-state index contributed by atoms with van der Waals surface area (Å²) >= 11 is 0. The van der Waals surface area contributed by atoms with Crippen LogP contribution in [0.2, 0.25) is 0 Å². The van der Waals surface area contributed by atoms with Gasteiger partial charge in [0.2, 0.25) is 5.91 Å². The molecule has 1 fully saturated rings. The minimum Gasteiger partial charge on any atom is -0.372 e. The normalized spacial score (nSPS) is 20.9. The van der Waals surface area contributed by atoms with Crippen molar-refractivity contribution in [3.8, 4) is 12.3 Å². The Kier molecular flexibility index (Phi) is 12.8. The van der Waals surface area contributed by atoms with Crippen molar-refractivity contribution in [3.63, 3.8) is 0 Å². The fourth-order valence-corrected chi connectivity index (χ4v) is 3.39. The molecular weight excluding hydrogens is 390 g/mol. The molecule has 0 aromatic heterocycles. The Hall–Kier alpha value is -2.20. The van der Waals surface area contributed by atoms with Gasteiger partial charge in [0.05, 0.1) is 24.8 Å². The van der Waals surface area contributed by atoms with E-state index in [4.69, 9.17) is 16.9 Å². The van der Waals surface area contributed by atoms with Gasteiger partial charge in [-0.3, -0.25) is 4.79 Å². The van der Waals surface area contributed by atoms with Crippen molar-refractivity contribution < 1.29 is 14.3 Å². The van der Waals surface area contributed by atoms with Crippen LogP contribution in [0.25, 0.3) is 0 Å². The second-order valence-corrected chi connectivity index (χ2v) is 8.18. The third-order valence-electron chi connectivity index (χ3n) is 5.49. The quantitative estimate of drug-likeness (QED) is 0.292. The van der Waals surface area contributed by atoms with Crippen LogP contribution < -0.4 is 16.4 Å². The van der Waals surface area contributed by atoms with Crippen molar-refractivity contribution in [1.82, 2.24) is 10.6 Å². The van der Waals surface area contributed by atoms with Gasteiger partial charge in [0.15, 0.2) is 0 Å². The molecule has 6 heteroatoms. The fraction of sp³-hybridized carbons (Fsp3) is 0.600. The zero-order valence-corrected chi connectivity index (χ0v) is 19.3. The van der Waals surface area contributed by atoms with E-state index >= 15 is 0 Å². The summed E-state index contributed by atoms with van der Waals surface area (Å²) in [7, 11) is 0. The molecule has 1 aliphatic heterocycles. The summed E-state index contributed by atoms with van der Waals surface area (Å²) in [6.07, 6.45) is 14.7. The average Bonchev–Trinajstić information content (AvgIpc) is 3.24. The predicted octanol–water partition coefficient (Wildman–Crippen LogP) is 2.65. The molecule has 1 rings (SSSR count). The van der Waals surface area contributed by atoms with Crippen LogP contribution >= 0.6 is 0 Å². The smallest absolute Gasteiger partial charge is 0.237 e. The van der Waals surface area contributed by atoms with Crippen LogP contribution in [0.15, 0.2) is 36.0 Å². The third-order valence-corrected chi connectivity index (χ3v) is 5.49. The lowest BCUT2D eigenvalue weighted by atomic mass is 10.0. The molecule has 0 radical (unpaired) electrons. The van der Waals surface area contributed by atoms with Gasteiger partial charge in [0.1, 0.15) is 5.78 Å². The second-order valence-electron chi connectivity index (χ2n) is 8.18. The number of nitrogens with two attached hydrogens (primary N) is 1. The number of hydrogen-bond acceptors (Lipinski definition) is 5. The van der Waals surface area contributed by atoms with Crippen LogP contribution in [-0.2, 0) is 14.3 Å². The van der Waals surface area contributed by atoms with E-state index in [-0.39, 0.29) is 35.8 Å².